The van der Waals surface area contributed by atoms with E-state index in [0.29, 0.717) is 5.69 Å². The molecule has 0 N–H and O–H groups in total. The van der Waals surface area contributed by atoms with Crippen molar-refractivity contribution in [2.24, 2.45) is 4.99 Å². The summed E-state index contributed by atoms with van der Waals surface area (Å²) < 4.78 is 28.8. The Labute approximate surface area is 117 Å². The van der Waals surface area contributed by atoms with Gasteiger partial charge in [-0.15, -0.1) is 11.6 Å². The standard InChI is InChI=1S/C14H18ClF2NO/c1-9-6-5-7-10(14(2,3)4)12(9)18-11(8-15)19-13(16)17/h5-7,13H,8H2,1-4H3. The molecule has 0 atom stereocenters. The molecule has 0 unspecified atom stereocenters. The number of aliphatic imine (C=N–C) groups is 1. The van der Waals surface area contributed by atoms with Gasteiger partial charge < -0.3 is 4.74 Å². The van der Waals surface area contributed by atoms with Gasteiger partial charge in [0.1, 0.15) is 0 Å². The Bertz CT molecular complexity index is 467. The highest BCUT2D eigenvalue weighted by molar-refractivity contribution is 6.27. The Morgan fingerprint density at radius 3 is 2.47 bits per heavy atom. The summed E-state index contributed by atoms with van der Waals surface area (Å²) in [6.07, 6.45) is 0. The Balaban J connectivity index is 3.29. The van der Waals surface area contributed by atoms with Crippen LogP contribution in [0.15, 0.2) is 23.2 Å². The van der Waals surface area contributed by atoms with E-state index in [2.05, 4.69) is 9.73 Å². The van der Waals surface area contributed by atoms with Crippen LogP contribution in [0.3, 0.4) is 0 Å². The smallest absolute Gasteiger partial charge is 0.388 e. The second-order valence-corrected chi connectivity index (χ2v) is 5.51. The minimum atomic E-state index is -2.92. The largest absolute Gasteiger partial charge is 0.420 e. The van der Waals surface area contributed by atoms with E-state index in [-0.39, 0.29) is 17.2 Å². The number of halogens is 3. The van der Waals surface area contributed by atoms with Gasteiger partial charge >= 0.3 is 6.61 Å². The third-order valence-electron chi connectivity index (χ3n) is 2.62. The first-order chi connectivity index (χ1) is 8.75. The Kier molecular flexibility index (Phi) is 5.29. The van der Waals surface area contributed by atoms with E-state index in [4.69, 9.17) is 11.6 Å². The maximum atomic E-state index is 12.2. The Morgan fingerprint density at radius 2 is 2.00 bits per heavy atom. The van der Waals surface area contributed by atoms with Crippen molar-refractivity contribution in [2.45, 2.75) is 39.7 Å². The molecule has 0 saturated heterocycles. The number of para-hydroxylation sites is 1. The lowest BCUT2D eigenvalue weighted by atomic mass is 9.85. The molecule has 1 aromatic carbocycles. The van der Waals surface area contributed by atoms with Crippen LogP contribution in [0.5, 0.6) is 0 Å². The molecule has 1 aromatic rings. The van der Waals surface area contributed by atoms with Gasteiger partial charge in [-0.25, -0.2) is 4.99 Å². The molecule has 0 bridgehead atoms. The summed E-state index contributed by atoms with van der Waals surface area (Å²) in [6.45, 7) is 5.07. The number of nitrogens with zero attached hydrogens (tertiary/aromatic N) is 1. The lowest BCUT2D eigenvalue weighted by Gasteiger charge is -2.22. The minimum absolute atomic E-state index is 0.146. The van der Waals surface area contributed by atoms with Gasteiger partial charge in [0.15, 0.2) is 0 Å². The van der Waals surface area contributed by atoms with E-state index < -0.39 is 6.61 Å². The molecule has 2 nitrogen and oxygen atoms in total. The predicted octanol–water partition coefficient (Wildman–Crippen LogP) is 4.80. The summed E-state index contributed by atoms with van der Waals surface area (Å²) in [5.74, 6) is -0.362. The second kappa shape index (κ2) is 6.33. The molecular formula is C14H18ClF2NO. The molecule has 1 rings (SSSR count). The number of rotatable bonds is 3. The molecule has 5 heteroatoms. The van der Waals surface area contributed by atoms with Crippen molar-refractivity contribution < 1.29 is 13.5 Å². The molecule has 0 heterocycles. The van der Waals surface area contributed by atoms with E-state index >= 15 is 0 Å². The van der Waals surface area contributed by atoms with Gasteiger partial charge in [-0.2, -0.15) is 8.78 Å². The molecule has 0 aromatic heterocycles. The van der Waals surface area contributed by atoms with Gasteiger partial charge in [0, 0.05) is 0 Å². The molecule has 19 heavy (non-hydrogen) atoms. The summed E-state index contributed by atoms with van der Waals surface area (Å²) in [7, 11) is 0. The van der Waals surface area contributed by atoms with Crippen molar-refractivity contribution in [1.82, 2.24) is 0 Å². The zero-order valence-corrected chi connectivity index (χ0v) is 12.3. The summed E-state index contributed by atoms with van der Waals surface area (Å²) in [6, 6.07) is 5.73. The van der Waals surface area contributed by atoms with E-state index in [1.165, 1.54) is 0 Å². The zero-order valence-electron chi connectivity index (χ0n) is 11.5. The van der Waals surface area contributed by atoms with Crippen molar-refractivity contribution in [2.75, 3.05) is 5.88 Å². The number of alkyl halides is 3. The highest BCUT2D eigenvalue weighted by Crippen LogP contribution is 2.34. The van der Waals surface area contributed by atoms with Crippen LogP contribution in [0.4, 0.5) is 14.5 Å². The summed E-state index contributed by atoms with van der Waals surface area (Å²) in [5.41, 5.74) is 2.36. The SMILES string of the molecule is Cc1cccc(C(C)(C)C)c1N=C(CCl)OC(F)F. The molecule has 0 saturated carbocycles. The normalized spacial score (nSPS) is 12.9. The van der Waals surface area contributed by atoms with E-state index in [9.17, 15) is 8.78 Å². The lowest BCUT2D eigenvalue weighted by molar-refractivity contribution is -0.0605. The highest BCUT2D eigenvalue weighted by Gasteiger charge is 2.20. The second-order valence-electron chi connectivity index (χ2n) is 5.24. The van der Waals surface area contributed by atoms with Crippen LogP contribution in [0.2, 0.25) is 0 Å². The van der Waals surface area contributed by atoms with Gasteiger partial charge in [0.2, 0.25) is 5.90 Å². The first-order valence-electron chi connectivity index (χ1n) is 5.94. The van der Waals surface area contributed by atoms with E-state index in [1.807, 2.05) is 45.9 Å². The van der Waals surface area contributed by atoms with Crippen LogP contribution in [0.25, 0.3) is 0 Å². The summed E-state index contributed by atoms with van der Waals surface area (Å²) in [5, 5.41) is 0. The van der Waals surface area contributed by atoms with Crippen molar-refractivity contribution in [3.63, 3.8) is 0 Å². The maximum absolute atomic E-state index is 12.2. The molecule has 0 spiro atoms. The van der Waals surface area contributed by atoms with Gasteiger partial charge in [-0.3, -0.25) is 0 Å². The first-order valence-corrected chi connectivity index (χ1v) is 6.47. The van der Waals surface area contributed by atoms with Crippen LogP contribution in [0.1, 0.15) is 31.9 Å². The number of hydrogen-bond donors (Lipinski definition) is 0. The van der Waals surface area contributed by atoms with Gasteiger partial charge in [0.05, 0.1) is 11.6 Å². The third-order valence-corrected chi connectivity index (χ3v) is 2.85. The Morgan fingerprint density at radius 1 is 1.37 bits per heavy atom. The number of aryl methyl sites for hydroxylation is 1. The Hall–Kier alpha value is -1.16. The topological polar surface area (TPSA) is 21.6 Å². The quantitative estimate of drug-likeness (QED) is 0.445. The molecule has 106 valence electrons. The van der Waals surface area contributed by atoms with Crippen molar-refractivity contribution in [3.05, 3.63) is 29.3 Å². The minimum Gasteiger partial charge on any atom is -0.420 e. The molecule has 0 aliphatic rings. The van der Waals surface area contributed by atoms with E-state index in [0.717, 1.165) is 11.1 Å². The number of benzene rings is 1. The van der Waals surface area contributed by atoms with Crippen LogP contribution in [-0.4, -0.2) is 18.4 Å². The van der Waals surface area contributed by atoms with E-state index in [1.54, 1.807) is 0 Å². The zero-order chi connectivity index (χ0) is 14.6. The number of hydrogen-bond acceptors (Lipinski definition) is 2. The first kappa shape index (κ1) is 15.9. The van der Waals surface area contributed by atoms with Crippen molar-refractivity contribution in [1.29, 1.82) is 0 Å². The highest BCUT2D eigenvalue weighted by atomic mass is 35.5. The average Bonchev–Trinajstić information content (AvgIpc) is 2.28. The molecule has 0 radical (unpaired) electrons. The molecular weight excluding hydrogens is 272 g/mol. The molecule has 0 amide bonds. The lowest BCUT2D eigenvalue weighted by Crippen LogP contribution is -2.14. The fourth-order valence-corrected chi connectivity index (χ4v) is 1.85. The molecule has 0 aliphatic carbocycles. The fraction of sp³-hybridized carbons (Fsp3) is 0.500. The third kappa shape index (κ3) is 4.46. The molecule has 0 fully saturated rings. The van der Waals surface area contributed by atoms with Crippen LogP contribution >= 0.6 is 11.6 Å². The molecule has 0 aliphatic heterocycles. The monoisotopic (exact) mass is 289 g/mol. The van der Waals surface area contributed by atoms with Gasteiger partial charge in [-0.1, -0.05) is 39.0 Å². The predicted molar refractivity (Wildman–Crippen MR) is 74.8 cm³/mol. The van der Waals surface area contributed by atoms with Crippen LogP contribution in [-0.2, 0) is 10.2 Å². The number of ether oxygens (including phenoxy) is 1. The summed E-state index contributed by atoms with van der Waals surface area (Å²) >= 11 is 5.59. The van der Waals surface area contributed by atoms with Crippen molar-refractivity contribution >= 4 is 23.2 Å². The average molecular weight is 290 g/mol. The maximum Gasteiger partial charge on any atom is 0.388 e. The van der Waals surface area contributed by atoms with Crippen LogP contribution < -0.4 is 0 Å². The van der Waals surface area contributed by atoms with Crippen LogP contribution in [0, 0.1) is 6.92 Å². The fourth-order valence-electron chi connectivity index (χ4n) is 1.73. The summed E-state index contributed by atoms with van der Waals surface area (Å²) in [4.78, 5) is 4.17. The van der Waals surface area contributed by atoms with Gasteiger partial charge in [0.25, 0.3) is 0 Å². The van der Waals surface area contributed by atoms with Gasteiger partial charge in [-0.05, 0) is 23.5 Å². The van der Waals surface area contributed by atoms with Crippen molar-refractivity contribution in [3.8, 4) is 0 Å².